The van der Waals surface area contributed by atoms with Crippen molar-refractivity contribution in [2.24, 2.45) is 0 Å². The van der Waals surface area contributed by atoms with E-state index in [1.165, 1.54) is 6.07 Å². The molecule has 1 fully saturated rings. The van der Waals surface area contributed by atoms with E-state index in [4.69, 9.17) is 4.74 Å². The molecule has 2 aromatic carbocycles. The highest BCUT2D eigenvalue weighted by Crippen LogP contribution is 2.29. The van der Waals surface area contributed by atoms with Crippen molar-refractivity contribution in [2.45, 2.75) is 25.4 Å². The van der Waals surface area contributed by atoms with Crippen LogP contribution in [0.15, 0.2) is 42.5 Å². The molecule has 0 saturated heterocycles. The summed E-state index contributed by atoms with van der Waals surface area (Å²) in [6.07, 6.45) is 1.85. The maximum Gasteiger partial charge on any atom is 0.322 e. The normalized spacial score (nSPS) is 13.5. The maximum atomic E-state index is 13.7. The molecule has 0 heterocycles. The number of ether oxygens (including phenoxy) is 1. The summed E-state index contributed by atoms with van der Waals surface area (Å²) in [7, 11) is 1.59. The fourth-order valence-electron chi connectivity index (χ4n) is 2.46. The number of rotatable bonds is 5. The maximum absolute atomic E-state index is 13.7. The molecule has 0 unspecified atom stereocenters. The molecule has 1 saturated carbocycles. The zero-order valence-electron chi connectivity index (χ0n) is 13.3. The van der Waals surface area contributed by atoms with Gasteiger partial charge in [-0.1, -0.05) is 12.1 Å². The van der Waals surface area contributed by atoms with Gasteiger partial charge in [0.25, 0.3) is 0 Å². The molecule has 0 radical (unpaired) electrons. The van der Waals surface area contributed by atoms with Crippen molar-refractivity contribution in [1.29, 1.82) is 0 Å². The minimum atomic E-state index is -0.788. The number of anilines is 1. The lowest BCUT2D eigenvalue weighted by Gasteiger charge is -2.23. The Labute approximate surface area is 139 Å². The summed E-state index contributed by atoms with van der Waals surface area (Å²) < 4.78 is 31.8. The first-order chi connectivity index (χ1) is 11.6. The number of amides is 2. The Bertz CT molecular complexity index is 730. The molecule has 0 atom stereocenters. The van der Waals surface area contributed by atoms with Gasteiger partial charge in [-0.25, -0.2) is 13.6 Å². The molecular weight excluding hydrogens is 314 g/mol. The Balaban J connectivity index is 1.71. The van der Waals surface area contributed by atoms with Crippen LogP contribution in [0.2, 0.25) is 0 Å². The van der Waals surface area contributed by atoms with Gasteiger partial charge in [0.15, 0.2) is 0 Å². The van der Waals surface area contributed by atoms with Gasteiger partial charge in [0, 0.05) is 18.7 Å². The Hall–Kier alpha value is -2.63. The van der Waals surface area contributed by atoms with E-state index in [2.05, 4.69) is 5.32 Å². The van der Waals surface area contributed by atoms with Gasteiger partial charge < -0.3 is 15.0 Å². The van der Waals surface area contributed by atoms with Crippen LogP contribution in [0.25, 0.3) is 0 Å². The number of hydrogen-bond donors (Lipinski definition) is 1. The van der Waals surface area contributed by atoms with E-state index >= 15 is 0 Å². The highest BCUT2D eigenvalue weighted by molar-refractivity contribution is 5.89. The Morgan fingerprint density at radius 1 is 1.21 bits per heavy atom. The second kappa shape index (κ2) is 6.86. The summed E-state index contributed by atoms with van der Waals surface area (Å²) in [5.74, 6) is -0.721. The third-order valence-electron chi connectivity index (χ3n) is 3.93. The smallest absolute Gasteiger partial charge is 0.322 e. The molecule has 0 spiro atoms. The number of nitrogens with one attached hydrogen (secondary N) is 1. The van der Waals surface area contributed by atoms with Gasteiger partial charge in [0.1, 0.15) is 17.4 Å². The third kappa shape index (κ3) is 3.82. The molecule has 126 valence electrons. The number of halogens is 2. The van der Waals surface area contributed by atoms with Crippen molar-refractivity contribution in [3.8, 4) is 5.75 Å². The van der Waals surface area contributed by atoms with Crippen LogP contribution in [0.4, 0.5) is 19.3 Å². The lowest BCUT2D eigenvalue weighted by Crippen LogP contribution is -2.36. The van der Waals surface area contributed by atoms with Gasteiger partial charge in [-0.15, -0.1) is 0 Å². The second-order valence-corrected chi connectivity index (χ2v) is 5.76. The number of benzene rings is 2. The van der Waals surface area contributed by atoms with E-state index in [-0.39, 0.29) is 17.8 Å². The van der Waals surface area contributed by atoms with Gasteiger partial charge in [0.2, 0.25) is 0 Å². The Morgan fingerprint density at radius 3 is 2.50 bits per heavy atom. The summed E-state index contributed by atoms with van der Waals surface area (Å²) in [5.41, 5.74) is 0.930. The molecule has 0 aromatic heterocycles. The molecule has 1 N–H and O–H groups in total. The second-order valence-electron chi connectivity index (χ2n) is 5.76. The van der Waals surface area contributed by atoms with Crippen LogP contribution in [0.5, 0.6) is 5.75 Å². The van der Waals surface area contributed by atoms with E-state index in [0.717, 1.165) is 36.3 Å². The lowest BCUT2D eigenvalue weighted by atomic mass is 10.2. The molecule has 1 aliphatic carbocycles. The van der Waals surface area contributed by atoms with Gasteiger partial charge in [-0.3, -0.25) is 0 Å². The standard InChI is InChI=1S/C18H18F2N2O2/c1-24-15-7-2-12(3-8-15)11-22(14-5-6-14)18(23)21-17-9-4-13(19)10-16(17)20/h2-4,7-10,14H,5-6,11H2,1H3,(H,21,23). The van der Waals surface area contributed by atoms with Crippen LogP contribution in [-0.4, -0.2) is 24.1 Å². The minimum absolute atomic E-state index is 0.0261. The van der Waals surface area contributed by atoms with Crippen molar-refractivity contribution in [2.75, 3.05) is 12.4 Å². The molecule has 24 heavy (non-hydrogen) atoms. The van der Waals surface area contributed by atoms with Crippen LogP contribution in [0.3, 0.4) is 0 Å². The largest absolute Gasteiger partial charge is 0.497 e. The fraction of sp³-hybridized carbons (Fsp3) is 0.278. The highest BCUT2D eigenvalue weighted by atomic mass is 19.1. The zero-order valence-corrected chi connectivity index (χ0v) is 13.3. The molecule has 2 amide bonds. The summed E-state index contributed by atoms with van der Waals surface area (Å²) in [6.45, 7) is 0.420. The van der Waals surface area contributed by atoms with Crippen LogP contribution in [0.1, 0.15) is 18.4 Å². The topological polar surface area (TPSA) is 41.6 Å². The van der Waals surface area contributed by atoms with E-state index in [9.17, 15) is 13.6 Å². The van der Waals surface area contributed by atoms with Crippen molar-refractivity contribution in [3.05, 3.63) is 59.7 Å². The SMILES string of the molecule is COc1ccc(CN(C(=O)Nc2ccc(F)cc2F)C2CC2)cc1. The summed E-state index contributed by atoms with van der Waals surface area (Å²) >= 11 is 0. The molecule has 3 rings (SSSR count). The number of carbonyl (C=O) groups is 1. The predicted molar refractivity (Wildman–Crippen MR) is 86.9 cm³/mol. The minimum Gasteiger partial charge on any atom is -0.497 e. The number of hydrogen-bond acceptors (Lipinski definition) is 2. The summed E-state index contributed by atoms with van der Waals surface area (Å²) in [4.78, 5) is 14.2. The van der Waals surface area contributed by atoms with Crippen LogP contribution < -0.4 is 10.1 Å². The zero-order chi connectivity index (χ0) is 17.1. The van der Waals surface area contributed by atoms with E-state index in [1.807, 2.05) is 24.3 Å². The molecular formula is C18H18F2N2O2. The average Bonchev–Trinajstić information content (AvgIpc) is 3.40. The number of methoxy groups -OCH3 is 1. The first kappa shape index (κ1) is 16.2. The van der Waals surface area contributed by atoms with Crippen LogP contribution >= 0.6 is 0 Å². The molecule has 4 nitrogen and oxygen atoms in total. The third-order valence-corrected chi connectivity index (χ3v) is 3.93. The first-order valence-corrected chi connectivity index (χ1v) is 7.72. The first-order valence-electron chi connectivity index (χ1n) is 7.72. The van der Waals surface area contributed by atoms with Gasteiger partial charge in [-0.2, -0.15) is 0 Å². The van der Waals surface area contributed by atoms with Crippen LogP contribution in [0, 0.1) is 11.6 Å². The monoisotopic (exact) mass is 332 g/mol. The quantitative estimate of drug-likeness (QED) is 0.893. The van der Waals surface area contributed by atoms with E-state index < -0.39 is 11.6 Å². The molecule has 0 bridgehead atoms. The van der Waals surface area contributed by atoms with Gasteiger partial charge >= 0.3 is 6.03 Å². The molecule has 1 aliphatic rings. The average molecular weight is 332 g/mol. The Morgan fingerprint density at radius 2 is 1.92 bits per heavy atom. The number of nitrogens with zero attached hydrogens (tertiary/aromatic N) is 1. The van der Waals surface area contributed by atoms with Gasteiger partial charge in [0.05, 0.1) is 12.8 Å². The fourth-order valence-corrected chi connectivity index (χ4v) is 2.46. The van der Waals surface area contributed by atoms with Crippen molar-refractivity contribution in [1.82, 2.24) is 4.90 Å². The van der Waals surface area contributed by atoms with E-state index in [1.54, 1.807) is 12.0 Å². The van der Waals surface area contributed by atoms with E-state index in [0.29, 0.717) is 6.54 Å². The van der Waals surface area contributed by atoms with Crippen LogP contribution in [-0.2, 0) is 6.54 Å². The predicted octanol–water partition coefficient (Wildman–Crippen LogP) is 4.17. The van der Waals surface area contributed by atoms with Crippen molar-refractivity contribution in [3.63, 3.8) is 0 Å². The highest BCUT2D eigenvalue weighted by Gasteiger charge is 2.33. The lowest BCUT2D eigenvalue weighted by molar-refractivity contribution is 0.206. The van der Waals surface area contributed by atoms with Gasteiger partial charge in [-0.05, 0) is 42.7 Å². The molecule has 0 aliphatic heterocycles. The Kier molecular flexibility index (Phi) is 4.64. The van der Waals surface area contributed by atoms with Crippen molar-refractivity contribution < 1.29 is 18.3 Å². The van der Waals surface area contributed by atoms with Crippen molar-refractivity contribution >= 4 is 11.7 Å². The number of carbonyl (C=O) groups excluding carboxylic acids is 1. The summed E-state index contributed by atoms with van der Waals surface area (Å²) in [5, 5.41) is 2.52. The molecule has 6 heteroatoms. The summed E-state index contributed by atoms with van der Waals surface area (Å²) in [6, 6.07) is 10.3. The number of urea groups is 1. The molecule has 2 aromatic rings.